The fraction of sp³-hybridized carbons (Fsp3) is 0.308. The van der Waals surface area contributed by atoms with Crippen LogP contribution < -0.4 is 4.74 Å². The third-order valence-corrected chi connectivity index (χ3v) is 2.37. The van der Waals surface area contributed by atoms with Crippen molar-refractivity contribution >= 4 is 12.0 Å². The molecule has 0 saturated heterocycles. The Hall–Kier alpha value is -1.97. The summed E-state index contributed by atoms with van der Waals surface area (Å²) in [7, 11) is 2.83. The molecule has 0 aliphatic heterocycles. The smallest absolute Gasteiger partial charge is 0.333 e. The number of carbonyl (C=O) groups excluding carboxylic acids is 1. The number of ether oxygens (including phenoxy) is 2. The van der Waals surface area contributed by atoms with Crippen molar-refractivity contribution in [2.75, 3.05) is 14.2 Å². The molecule has 92 valence electrons. The molecule has 0 aliphatic carbocycles. The lowest BCUT2D eigenvalue weighted by atomic mass is 10.1. The van der Waals surface area contributed by atoms with E-state index in [1.54, 1.807) is 18.2 Å². The number of benzene rings is 1. The number of rotatable bonds is 4. The molecule has 0 unspecified atom stereocenters. The van der Waals surface area contributed by atoms with Crippen molar-refractivity contribution in [3.8, 4) is 11.5 Å². The van der Waals surface area contributed by atoms with E-state index < -0.39 is 0 Å². The molecule has 0 aromatic heterocycles. The topological polar surface area (TPSA) is 55.8 Å². The fourth-order valence-electron chi connectivity index (χ4n) is 1.42. The van der Waals surface area contributed by atoms with Gasteiger partial charge < -0.3 is 14.6 Å². The van der Waals surface area contributed by atoms with Crippen LogP contribution in [0.1, 0.15) is 18.9 Å². The van der Waals surface area contributed by atoms with Gasteiger partial charge in [-0.15, -0.1) is 0 Å². The normalized spacial score (nSPS) is 11.1. The SMILES string of the molecule is CC/C(=C\c1ccc(O)c(OC)c1)C(=O)OC. The average molecular weight is 236 g/mol. The summed E-state index contributed by atoms with van der Waals surface area (Å²) in [5.41, 5.74) is 1.35. The van der Waals surface area contributed by atoms with Crippen LogP contribution in [0.5, 0.6) is 11.5 Å². The maximum Gasteiger partial charge on any atom is 0.333 e. The number of esters is 1. The van der Waals surface area contributed by atoms with Crippen LogP contribution in [0.3, 0.4) is 0 Å². The molecular weight excluding hydrogens is 220 g/mol. The first-order chi connectivity index (χ1) is 8.12. The third kappa shape index (κ3) is 3.24. The number of phenolic OH excluding ortho intramolecular Hbond substituents is 1. The van der Waals surface area contributed by atoms with E-state index in [1.807, 2.05) is 6.92 Å². The van der Waals surface area contributed by atoms with Gasteiger partial charge in [-0.05, 0) is 30.2 Å². The Morgan fingerprint density at radius 2 is 2.12 bits per heavy atom. The molecule has 0 radical (unpaired) electrons. The van der Waals surface area contributed by atoms with E-state index >= 15 is 0 Å². The highest BCUT2D eigenvalue weighted by Crippen LogP contribution is 2.27. The fourth-order valence-corrected chi connectivity index (χ4v) is 1.42. The molecule has 1 aromatic carbocycles. The van der Waals surface area contributed by atoms with Crippen molar-refractivity contribution in [1.82, 2.24) is 0 Å². The summed E-state index contributed by atoms with van der Waals surface area (Å²) in [5.74, 6) is 0.0966. The Kier molecular flexibility index (Phi) is 4.57. The van der Waals surface area contributed by atoms with E-state index in [1.165, 1.54) is 20.3 Å². The van der Waals surface area contributed by atoms with E-state index in [9.17, 15) is 9.90 Å². The second kappa shape index (κ2) is 5.94. The molecule has 0 amide bonds. The number of hydrogen-bond acceptors (Lipinski definition) is 4. The van der Waals surface area contributed by atoms with Crippen LogP contribution in [-0.2, 0) is 9.53 Å². The van der Waals surface area contributed by atoms with Crippen LogP contribution in [0.15, 0.2) is 23.8 Å². The van der Waals surface area contributed by atoms with Gasteiger partial charge in [-0.25, -0.2) is 4.79 Å². The third-order valence-electron chi connectivity index (χ3n) is 2.37. The molecule has 4 nitrogen and oxygen atoms in total. The summed E-state index contributed by atoms with van der Waals surface area (Å²) in [5, 5.41) is 9.44. The number of hydrogen-bond donors (Lipinski definition) is 1. The highest BCUT2D eigenvalue weighted by Gasteiger charge is 2.08. The summed E-state index contributed by atoms with van der Waals surface area (Å²) in [4.78, 5) is 11.4. The molecule has 4 heteroatoms. The Bertz CT molecular complexity index is 435. The van der Waals surface area contributed by atoms with Crippen molar-refractivity contribution in [3.05, 3.63) is 29.3 Å². The number of aromatic hydroxyl groups is 1. The molecule has 0 atom stereocenters. The van der Waals surface area contributed by atoms with Gasteiger partial charge in [0.15, 0.2) is 11.5 Å². The Morgan fingerprint density at radius 1 is 1.41 bits per heavy atom. The number of carbonyl (C=O) groups is 1. The molecule has 1 N–H and O–H groups in total. The zero-order chi connectivity index (χ0) is 12.8. The van der Waals surface area contributed by atoms with Crippen molar-refractivity contribution in [3.63, 3.8) is 0 Å². The summed E-state index contributed by atoms with van der Waals surface area (Å²) >= 11 is 0. The molecule has 0 aliphatic rings. The van der Waals surface area contributed by atoms with E-state index in [2.05, 4.69) is 4.74 Å². The second-order valence-electron chi connectivity index (χ2n) is 3.45. The minimum absolute atomic E-state index is 0.0702. The highest BCUT2D eigenvalue weighted by atomic mass is 16.5. The predicted molar refractivity (Wildman–Crippen MR) is 64.9 cm³/mol. The molecule has 0 saturated carbocycles. The van der Waals surface area contributed by atoms with Crippen LogP contribution in [0.2, 0.25) is 0 Å². The predicted octanol–water partition coefficient (Wildman–Crippen LogP) is 2.37. The Morgan fingerprint density at radius 3 is 2.65 bits per heavy atom. The standard InChI is InChI=1S/C13H16O4/c1-4-10(13(15)17-3)7-9-5-6-11(14)12(8-9)16-2/h5-8,14H,4H2,1-3H3/b10-7+. The Labute approximate surface area is 100 Å². The van der Waals surface area contributed by atoms with Crippen molar-refractivity contribution < 1.29 is 19.4 Å². The zero-order valence-corrected chi connectivity index (χ0v) is 10.2. The molecule has 1 aromatic rings. The molecule has 0 bridgehead atoms. The van der Waals surface area contributed by atoms with Crippen LogP contribution in [-0.4, -0.2) is 25.3 Å². The lowest BCUT2D eigenvalue weighted by Gasteiger charge is -2.05. The van der Waals surface area contributed by atoms with Gasteiger partial charge in [0.1, 0.15) is 0 Å². The summed E-state index contributed by atoms with van der Waals surface area (Å²) in [6.07, 6.45) is 2.30. The minimum Gasteiger partial charge on any atom is -0.504 e. The molecule has 17 heavy (non-hydrogen) atoms. The second-order valence-corrected chi connectivity index (χ2v) is 3.45. The quantitative estimate of drug-likeness (QED) is 0.644. The molecule has 0 spiro atoms. The van der Waals surface area contributed by atoms with Crippen molar-refractivity contribution in [2.24, 2.45) is 0 Å². The first-order valence-corrected chi connectivity index (χ1v) is 5.28. The van der Waals surface area contributed by atoms with Gasteiger partial charge in [-0.3, -0.25) is 0 Å². The van der Waals surface area contributed by atoms with Crippen LogP contribution in [0.25, 0.3) is 6.08 Å². The minimum atomic E-state index is -0.348. The monoisotopic (exact) mass is 236 g/mol. The van der Waals surface area contributed by atoms with Crippen molar-refractivity contribution in [1.29, 1.82) is 0 Å². The molecule has 1 rings (SSSR count). The van der Waals surface area contributed by atoms with E-state index in [-0.39, 0.29) is 11.7 Å². The van der Waals surface area contributed by atoms with Gasteiger partial charge in [0, 0.05) is 5.57 Å². The van der Waals surface area contributed by atoms with Crippen LogP contribution >= 0.6 is 0 Å². The van der Waals surface area contributed by atoms with E-state index in [4.69, 9.17) is 4.74 Å². The lowest BCUT2D eigenvalue weighted by molar-refractivity contribution is -0.136. The average Bonchev–Trinajstić information content (AvgIpc) is 2.36. The first kappa shape index (κ1) is 13.1. The van der Waals surface area contributed by atoms with Gasteiger partial charge in [-0.1, -0.05) is 13.0 Å². The van der Waals surface area contributed by atoms with Gasteiger partial charge in [0.05, 0.1) is 14.2 Å². The lowest BCUT2D eigenvalue weighted by Crippen LogP contribution is -2.03. The van der Waals surface area contributed by atoms with Gasteiger partial charge >= 0.3 is 5.97 Å². The van der Waals surface area contributed by atoms with Gasteiger partial charge in [-0.2, -0.15) is 0 Å². The van der Waals surface area contributed by atoms with Crippen LogP contribution in [0.4, 0.5) is 0 Å². The van der Waals surface area contributed by atoms with E-state index in [0.717, 1.165) is 5.56 Å². The van der Waals surface area contributed by atoms with E-state index in [0.29, 0.717) is 17.7 Å². The van der Waals surface area contributed by atoms with Crippen LogP contribution in [0, 0.1) is 0 Å². The highest BCUT2D eigenvalue weighted by molar-refractivity contribution is 5.93. The molecule has 0 fully saturated rings. The molecule has 0 heterocycles. The molecular formula is C13H16O4. The maximum absolute atomic E-state index is 11.4. The summed E-state index contributed by atoms with van der Waals surface area (Å²) in [6, 6.07) is 4.89. The number of methoxy groups -OCH3 is 2. The first-order valence-electron chi connectivity index (χ1n) is 5.28. The zero-order valence-electron chi connectivity index (χ0n) is 10.2. The number of phenols is 1. The Balaban J connectivity index is 3.07. The summed E-state index contributed by atoms with van der Waals surface area (Å²) < 4.78 is 9.66. The largest absolute Gasteiger partial charge is 0.504 e. The maximum atomic E-state index is 11.4. The van der Waals surface area contributed by atoms with Gasteiger partial charge in [0.25, 0.3) is 0 Å². The van der Waals surface area contributed by atoms with Crippen molar-refractivity contribution in [2.45, 2.75) is 13.3 Å². The van der Waals surface area contributed by atoms with Gasteiger partial charge in [0.2, 0.25) is 0 Å². The summed E-state index contributed by atoms with van der Waals surface area (Å²) in [6.45, 7) is 1.88.